The van der Waals surface area contributed by atoms with Crippen LogP contribution in [0.25, 0.3) is 17.0 Å². The van der Waals surface area contributed by atoms with Gasteiger partial charge < -0.3 is 15.2 Å². The molecule has 2 heterocycles. The summed E-state index contributed by atoms with van der Waals surface area (Å²) in [7, 11) is 0. The summed E-state index contributed by atoms with van der Waals surface area (Å²) in [4.78, 5) is 30.2. The Morgan fingerprint density at radius 3 is 2.68 bits per heavy atom. The summed E-state index contributed by atoms with van der Waals surface area (Å²) in [5.74, 6) is -0.348. The summed E-state index contributed by atoms with van der Waals surface area (Å²) in [6.07, 6.45) is 3.72. The maximum absolute atomic E-state index is 12.6. The van der Waals surface area contributed by atoms with Gasteiger partial charge in [-0.15, -0.1) is 0 Å². The van der Waals surface area contributed by atoms with E-state index in [2.05, 4.69) is 15.6 Å². The predicted octanol–water partition coefficient (Wildman–Crippen LogP) is 5.83. The molecule has 0 radical (unpaired) electrons. The third-order valence-electron chi connectivity index (χ3n) is 5.17. The molecular formula is C26H19ClN4O2S. The van der Waals surface area contributed by atoms with Gasteiger partial charge in [-0.1, -0.05) is 54.1 Å². The number of fused-ring (bicyclic) bond motifs is 1. The Morgan fingerprint density at radius 1 is 1.06 bits per heavy atom. The van der Waals surface area contributed by atoms with Crippen LogP contribution in [-0.2, 0) is 16.1 Å². The van der Waals surface area contributed by atoms with Crippen LogP contribution >= 0.6 is 23.4 Å². The molecule has 0 saturated carbocycles. The lowest BCUT2D eigenvalue weighted by Crippen LogP contribution is -2.19. The van der Waals surface area contributed by atoms with Gasteiger partial charge in [-0.3, -0.25) is 9.59 Å². The fraction of sp³-hybridized carbons (Fsp3) is 0.0385. The van der Waals surface area contributed by atoms with Crippen molar-refractivity contribution in [3.63, 3.8) is 0 Å². The second kappa shape index (κ2) is 9.59. The Bertz CT molecular complexity index is 1460. The van der Waals surface area contributed by atoms with Crippen LogP contribution in [0.4, 0.5) is 11.4 Å². The van der Waals surface area contributed by atoms with Crippen molar-refractivity contribution >= 4 is 68.7 Å². The maximum Gasteiger partial charge on any atom is 0.264 e. The minimum Gasteiger partial charge on any atom is -0.337 e. The first-order chi connectivity index (χ1) is 16.5. The summed E-state index contributed by atoms with van der Waals surface area (Å²) >= 11 is 7.30. The smallest absolute Gasteiger partial charge is 0.264 e. The van der Waals surface area contributed by atoms with Gasteiger partial charge in [-0.05, 0) is 54.2 Å². The number of benzene rings is 3. The molecule has 1 aliphatic heterocycles. The van der Waals surface area contributed by atoms with E-state index in [0.717, 1.165) is 22.2 Å². The van der Waals surface area contributed by atoms with Gasteiger partial charge in [-0.2, -0.15) is 0 Å². The highest BCUT2D eigenvalue weighted by Gasteiger charge is 2.24. The predicted molar refractivity (Wildman–Crippen MR) is 139 cm³/mol. The molecule has 168 valence electrons. The number of halogens is 1. The van der Waals surface area contributed by atoms with E-state index in [1.807, 2.05) is 83.6 Å². The first-order valence-electron chi connectivity index (χ1n) is 10.5. The molecule has 1 aliphatic rings. The fourth-order valence-electron chi connectivity index (χ4n) is 3.68. The number of nitrogens with zero attached hydrogens (tertiary/aromatic N) is 2. The second-order valence-electron chi connectivity index (χ2n) is 7.61. The standard InChI is InChI=1S/C26H19ClN4O2S/c27-18-7-6-10-20(14-18)29-26-30-25(33)23(34-26)13-17-15-31(22-12-5-4-11-21(17)22)16-24(32)28-19-8-2-1-3-9-19/h1-15H,16H2,(H,28,32)(H,29,30,33)/b23-13+. The average Bonchev–Trinajstić information content (AvgIpc) is 3.34. The molecule has 1 aromatic heterocycles. The highest BCUT2D eigenvalue weighted by atomic mass is 35.5. The summed E-state index contributed by atoms with van der Waals surface area (Å²) in [6.45, 7) is 0.152. The van der Waals surface area contributed by atoms with E-state index < -0.39 is 0 Å². The lowest BCUT2D eigenvalue weighted by Gasteiger charge is -2.07. The molecule has 0 bridgehead atoms. The van der Waals surface area contributed by atoms with Gasteiger partial charge in [-0.25, -0.2) is 4.99 Å². The van der Waals surface area contributed by atoms with Gasteiger partial charge >= 0.3 is 0 Å². The van der Waals surface area contributed by atoms with Crippen LogP contribution in [0.15, 0.2) is 95.0 Å². The van der Waals surface area contributed by atoms with Crippen molar-refractivity contribution in [3.05, 3.63) is 101 Å². The van der Waals surface area contributed by atoms with Crippen molar-refractivity contribution in [2.24, 2.45) is 4.99 Å². The Labute approximate surface area is 205 Å². The number of thioether (sulfide) groups is 1. The van der Waals surface area contributed by atoms with Crippen LogP contribution in [-0.4, -0.2) is 21.5 Å². The molecule has 2 amide bonds. The molecule has 0 atom stereocenters. The zero-order valence-corrected chi connectivity index (χ0v) is 19.4. The Kier molecular flexibility index (Phi) is 6.20. The number of hydrogen-bond donors (Lipinski definition) is 2. The van der Waals surface area contributed by atoms with E-state index in [9.17, 15) is 9.59 Å². The highest BCUT2D eigenvalue weighted by molar-refractivity contribution is 8.18. The van der Waals surface area contributed by atoms with E-state index in [1.165, 1.54) is 11.8 Å². The first-order valence-corrected chi connectivity index (χ1v) is 11.7. The van der Waals surface area contributed by atoms with Crippen LogP contribution in [0, 0.1) is 0 Å². The van der Waals surface area contributed by atoms with Crippen molar-refractivity contribution in [2.45, 2.75) is 6.54 Å². The summed E-state index contributed by atoms with van der Waals surface area (Å²) < 4.78 is 1.89. The molecule has 4 aromatic rings. The number of aliphatic imine (C=N–C) groups is 1. The van der Waals surface area contributed by atoms with Gasteiger partial charge in [0.2, 0.25) is 5.91 Å². The van der Waals surface area contributed by atoms with Gasteiger partial charge in [0.05, 0.1) is 10.6 Å². The van der Waals surface area contributed by atoms with Crippen LogP contribution in [0.1, 0.15) is 5.56 Å². The van der Waals surface area contributed by atoms with E-state index in [0.29, 0.717) is 20.8 Å². The minimum absolute atomic E-state index is 0.130. The van der Waals surface area contributed by atoms with Gasteiger partial charge in [0.1, 0.15) is 6.54 Å². The van der Waals surface area contributed by atoms with Crippen molar-refractivity contribution in [2.75, 3.05) is 5.32 Å². The molecule has 0 aliphatic carbocycles. The Morgan fingerprint density at radius 2 is 1.85 bits per heavy atom. The number of amidine groups is 1. The number of carbonyl (C=O) groups is 2. The highest BCUT2D eigenvalue weighted by Crippen LogP contribution is 2.31. The molecular weight excluding hydrogens is 468 g/mol. The third-order valence-corrected chi connectivity index (χ3v) is 6.31. The van der Waals surface area contributed by atoms with Crippen LogP contribution < -0.4 is 10.6 Å². The SMILES string of the molecule is O=C(Cn1cc(/C=C2/SC(=Nc3cccc(Cl)c3)NC2=O)c2ccccc21)Nc1ccccc1. The number of carbonyl (C=O) groups excluding carboxylic acids is 2. The minimum atomic E-state index is -0.218. The number of anilines is 1. The molecule has 0 unspecified atom stereocenters. The largest absolute Gasteiger partial charge is 0.337 e. The van der Waals surface area contributed by atoms with Crippen molar-refractivity contribution in [1.82, 2.24) is 9.88 Å². The third kappa shape index (κ3) is 4.90. The maximum atomic E-state index is 12.6. The van der Waals surface area contributed by atoms with Crippen LogP contribution in [0.5, 0.6) is 0 Å². The van der Waals surface area contributed by atoms with E-state index >= 15 is 0 Å². The summed E-state index contributed by atoms with van der Waals surface area (Å²) in [6, 6.07) is 24.3. The number of para-hydroxylation sites is 2. The normalized spacial score (nSPS) is 15.7. The second-order valence-corrected chi connectivity index (χ2v) is 9.07. The van der Waals surface area contributed by atoms with E-state index in [1.54, 1.807) is 12.1 Å². The van der Waals surface area contributed by atoms with Crippen molar-refractivity contribution in [1.29, 1.82) is 0 Å². The lowest BCUT2D eigenvalue weighted by molar-refractivity contribution is -0.117. The molecule has 5 rings (SSSR count). The lowest BCUT2D eigenvalue weighted by atomic mass is 10.1. The first kappa shape index (κ1) is 22.0. The number of amides is 2. The molecule has 34 heavy (non-hydrogen) atoms. The molecule has 8 heteroatoms. The quantitative estimate of drug-likeness (QED) is 0.349. The summed E-state index contributed by atoms with van der Waals surface area (Å²) in [5, 5.41) is 7.73. The molecule has 1 fully saturated rings. The molecule has 1 saturated heterocycles. The fourth-order valence-corrected chi connectivity index (χ4v) is 4.70. The Hall–Kier alpha value is -3.81. The topological polar surface area (TPSA) is 75.5 Å². The molecule has 3 aromatic carbocycles. The van der Waals surface area contributed by atoms with Crippen LogP contribution in [0.3, 0.4) is 0 Å². The summed E-state index contributed by atoms with van der Waals surface area (Å²) in [5.41, 5.74) is 3.17. The number of aromatic nitrogens is 1. The van der Waals surface area contributed by atoms with Gasteiger partial charge in [0.25, 0.3) is 5.91 Å². The number of nitrogens with one attached hydrogen (secondary N) is 2. The van der Waals surface area contributed by atoms with E-state index in [-0.39, 0.29) is 18.4 Å². The van der Waals surface area contributed by atoms with Crippen LogP contribution in [0.2, 0.25) is 5.02 Å². The van der Waals surface area contributed by atoms with Gasteiger partial charge in [0.15, 0.2) is 5.17 Å². The molecule has 0 spiro atoms. The van der Waals surface area contributed by atoms with Gasteiger partial charge in [0, 0.05) is 33.4 Å². The zero-order chi connectivity index (χ0) is 23.5. The number of rotatable bonds is 5. The van der Waals surface area contributed by atoms with E-state index in [4.69, 9.17) is 11.6 Å². The number of hydrogen-bond acceptors (Lipinski definition) is 4. The Balaban J connectivity index is 1.41. The average molecular weight is 487 g/mol. The molecule has 2 N–H and O–H groups in total. The zero-order valence-electron chi connectivity index (χ0n) is 17.9. The molecule has 6 nitrogen and oxygen atoms in total. The van der Waals surface area contributed by atoms with Crippen molar-refractivity contribution in [3.8, 4) is 0 Å². The monoisotopic (exact) mass is 486 g/mol. The van der Waals surface area contributed by atoms with Crippen molar-refractivity contribution < 1.29 is 9.59 Å².